The number of ether oxygens (including phenoxy) is 4. The number of fused-ring (bicyclic) bond motifs is 1. The molecule has 2 N–H and O–H groups in total. The molecule has 0 aromatic heterocycles. The van der Waals surface area contributed by atoms with Gasteiger partial charge in [-0.2, -0.15) is 0 Å². The van der Waals surface area contributed by atoms with E-state index >= 15 is 0 Å². The lowest BCUT2D eigenvalue weighted by molar-refractivity contribution is 0.0389. The third-order valence-corrected chi connectivity index (χ3v) is 2.29. The van der Waals surface area contributed by atoms with Crippen LogP contribution in [0.2, 0.25) is 0 Å². The number of carbonyl (C=O) groups excluding carboxylic acids is 1. The van der Waals surface area contributed by atoms with Gasteiger partial charge in [-0.3, -0.25) is 0 Å². The minimum Gasteiger partial charge on any atom is -0.460 e. The molecular formula is C11H13NO5. The minimum absolute atomic E-state index is 0.136. The first kappa shape index (κ1) is 11.5. The number of carbonyl (C=O) groups is 1. The number of benzene rings is 1. The van der Waals surface area contributed by atoms with Crippen molar-refractivity contribution in [1.82, 2.24) is 0 Å². The van der Waals surface area contributed by atoms with Crippen LogP contribution < -0.4 is 15.2 Å². The highest BCUT2D eigenvalue weighted by atomic mass is 16.7. The maximum Gasteiger partial charge on any atom is 0.340 e. The van der Waals surface area contributed by atoms with Crippen molar-refractivity contribution in [2.75, 3.05) is 32.9 Å². The van der Waals surface area contributed by atoms with Gasteiger partial charge in [0.15, 0.2) is 11.5 Å². The van der Waals surface area contributed by atoms with Crippen LogP contribution in [0.4, 0.5) is 5.69 Å². The van der Waals surface area contributed by atoms with Crippen molar-refractivity contribution in [3.05, 3.63) is 17.7 Å². The van der Waals surface area contributed by atoms with E-state index in [2.05, 4.69) is 0 Å². The monoisotopic (exact) mass is 239 g/mol. The van der Waals surface area contributed by atoms with E-state index in [4.69, 9.17) is 24.7 Å². The van der Waals surface area contributed by atoms with Crippen molar-refractivity contribution >= 4 is 11.7 Å². The average molecular weight is 239 g/mol. The first-order chi connectivity index (χ1) is 8.22. The molecule has 6 nitrogen and oxygen atoms in total. The predicted molar refractivity (Wildman–Crippen MR) is 59.1 cm³/mol. The first-order valence-corrected chi connectivity index (χ1v) is 5.07. The van der Waals surface area contributed by atoms with Crippen molar-refractivity contribution in [2.24, 2.45) is 0 Å². The molecule has 1 aromatic carbocycles. The summed E-state index contributed by atoms with van der Waals surface area (Å²) >= 11 is 0. The second kappa shape index (κ2) is 4.92. The number of nitrogens with two attached hydrogens (primary N) is 1. The molecule has 0 bridgehead atoms. The lowest BCUT2D eigenvalue weighted by Crippen LogP contribution is -2.11. The molecule has 0 aliphatic carbocycles. The largest absolute Gasteiger partial charge is 0.460 e. The Hall–Kier alpha value is -1.95. The summed E-state index contributed by atoms with van der Waals surface area (Å²) < 4.78 is 20.0. The van der Waals surface area contributed by atoms with E-state index < -0.39 is 5.97 Å². The summed E-state index contributed by atoms with van der Waals surface area (Å²) in [5, 5.41) is 0. The van der Waals surface area contributed by atoms with E-state index in [0.717, 1.165) is 0 Å². The number of anilines is 1. The van der Waals surface area contributed by atoms with E-state index in [1.54, 1.807) is 6.07 Å². The van der Waals surface area contributed by atoms with Gasteiger partial charge in [0.1, 0.15) is 6.61 Å². The van der Waals surface area contributed by atoms with Gasteiger partial charge >= 0.3 is 5.97 Å². The molecule has 2 rings (SSSR count). The molecule has 0 atom stereocenters. The van der Waals surface area contributed by atoms with Gasteiger partial charge in [-0.25, -0.2) is 4.79 Å². The lowest BCUT2D eigenvalue weighted by atomic mass is 10.1. The third-order valence-electron chi connectivity index (χ3n) is 2.29. The number of hydrogen-bond donors (Lipinski definition) is 1. The molecule has 0 fully saturated rings. The normalized spacial score (nSPS) is 12.5. The molecule has 1 aliphatic rings. The van der Waals surface area contributed by atoms with Crippen LogP contribution in [0.15, 0.2) is 12.1 Å². The second-order valence-electron chi connectivity index (χ2n) is 3.42. The molecule has 0 radical (unpaired) electrons. The van der Waals surface area contributed by atoms with Crippen LogP contribution in [0.25, 0.3) is 0 Å². The molecule has 0 spiro atoms. The van der Waals surface area contributed by atoms with Gasteiger partial charge in [-0.05, 0) is 0 Å². The zero-order valence-corrected chi connectivity index (χ0v) is 9.39. The zero-order valence-electron chi connectivity index (χ0n) is 9.39. The minimum atomic E-state index is -0.502. The Kier molecular flexibility index (Phi) is 3.34. The van der Waals surface area contributed by atoms with Crippen LogP contribution in [0.5, 0.6) is 11.5 Å². The Labute approximate surface area is 98.2 Å². The van der Waals surface area contributed by atoms with Crippen LogP contribution >= 0.6 is 0 Å². The average Bonchev–Trinajstić information content (AvgIpc) is 2.75. The van der Waals surface area contributed by atoms with Gasteiger partial charge in [-0.15, -0.1) is 0 Å². The van der Waals surface area contributed by atoms with Crippen molar-refractivity contribution < 1.29 is 23.7 Å². The summed E-state index contributed by atoms with van der Waals surface area (Å²) in [4.78, 5) is 11.7. The Bertz CT molecular complexity index is 432. The molecule has 0 saturated carbocycles. The SMILES string of the molecule is COCCOC(=O)c1cc2c(cc1N)OCO2. The Morgan fingerprint density at radius 1 is 1.35 bits per heavy atom. The summed E-state index contributed by atoms with van der Waals surface area (Å²) in [6, 6.07) is 3.07. The summed E-state index contributed by atoms with van der Waals surface area (Å²) in [6.45, 7) is 0.663. The zero-order chi connectivity index (χ0) is 12.3. The van der Waals surface area contributed by atoms with Crippen molar-refractivity contribution in [2.45, 2.75) is 0 Å². The number of hydrogen-bond acceptors (Lipinski definition) is 6. The van der Waals surface area contributed by atoms with Gasteiger partial charge in [0.05, 0.1) is 17.9 Å². The predicted octanol–water partition coefficient (Wildman–Crippen LogP) is 0.801. The summed E-state index contributed by atoms with van der Waals surface area (Å²) in [6.07, 6.45) is 0. The highest BCUT2D eigenvalue weighted by molar-refractivity contribution is 5.96. The Balaban J connectivity index is 2.12. The van der Waals surface area contributed by atoms with E-state index in [-0.39, 0.29) is 19.0 Å². The fourth-order valence-electron chi connectivity index (χ4n) is 1.43. The molecule has 1 aromatic rings. The van der Waals surface area contributed by atoms with Crippen molar-refractivity contribution in [1.29, 1.82) is 0 Å². The Morgan fingerprint density at radius 2 is 2.06 bits per heavy atom. The van der Waals surface area contributed by atoms with Gasteiger partial charge in [0.25, 0.3) is 0 Å². The molecule has 0 saturated heterocycles. The van der Waals surface area contributed by atoms with Crippen molar-refractivity contribution in [3.63, 3.8) is 0 Å². The van der Waals surface area contributed by atoms with Gasteiger partial charge < -0.3 is 24.7 Å². The van der Waals surface area contributed by atoms with Crippen LogP contribution in [0, 0.1) is 0 Å². The molecule has 6 heteroatoms. The van der Waals surface area contributed by atoms with E-state index in [1.165, 1.54) is 13.2 Å². The highest BCUT2D eigenvalue weighted by Gasteiger charge is 2.20. The van der Waals surface area contributed by atoms with Crippen LogP contribution in [-0.2, 0) is 9.47 Å². The van der Waals surface area contributed by atoms with Gasteiger partial charge in [0, 0.05) is 19.2 Å². The van der Waals surface area contributed by atoms with Gasteiger partial charge in [-0.1, -0.05) is 0 Å². The fraction of sp³-hybridized carbons (Fsp3) is 0.364. The topological polar surface area (TPSA) is 80.0 Å². The molecule has 1 heterocycles. The smallest absolute Gasteiger partial charge is 0.340 e. The Morgan fingerprint density at radius 3 is 2.76 bits per heavy atom. The number of nitrogen functional groups attached to an aromatic ring is 1. The van der Waals surface area contributed by atoms with Gasteiger partial charge in [0.2, 0.25) is 6.79 Å². The van der Waals surface area contributed by atoms with E-state index in [0.29, 0.717) is 23.8 Å². The molecule has 0 amide bonds. The third kappa shape index (κ3) is 2.42. The first-order valence-electron chi connectivity index (χ1n) is 5.07. The van der Waals surface area contributed by atoms with Crippen LogP contribution in [0.1, 0.15) is 10.4 Å². The lowest BCUT2D eigenvalue weighted by Gasteiger charge is -2.07. The molecule has 0 unspecified atom stereocenters. The molecule has 17 heavy (non-hydrogen) atoms. The summed E-state index contributed by atoms with van der Waals surface area (Å²) in [5.41, 5.74) is 6.30. The fourth-order valence-corrected chi connectivity index (χ4v) is 1.43. The quantitative estimate of drug-likeness (QED) is 0.475. The number of methoxy groups -OCH3 is 1. The molecule has 92 valence electrons. The summed E-state index contributed by atoms with van der Waals surface area (Å²) in [7, 11) is 1.53. The highest BCUT2D eigenvalue weighted by Crippen LogP contribution is 2.36. The van der Waals surface area contributed by atoms with E-state index in [1.807, 2.05) is 0 Å². The number of rotatable bonds is 4. The van der Waals surface area contributed by atoms with E-state index in [9.17, 15) is 4.79 Å². The standard InChI is InChI=1S/C11H13NO5/c1-14-2-3-15-11(13)7-4-9-10(5-8(7)12)17-6-16-9/h4-5H,2-3,6,12H2,1H3. The maximum absolute atomic E-state index is 11.7. The number of esters is 1. The summed E-state index contributed by atoms with van der Waals surface area (Å²) in [5.74, 6) is 0.534. The van der Waals surface area contributed by atoms with Crippen LogP contribution in [0.3, 0.4) is 0 Å². The van der Waals surface area contributed by atoms with Crippen molar-refractivity contribution in [3.8, 4) is 11.5 Å². The maximum atomic E-state index is 11.7. The second-order valence-corrected chi connectivity index (χ2v) is 3.42. The molecule has 1 aliphatic heterocycles. The molecular weight excluding hydrogens is 226 g/mol. The van der Waals surface area contributed by atoms with Crippen LogP contribution in [-0.4, -0.2) is 33.1 Å².